The minimum absolute atomic E-state index is 0.330. The molecule has 0 saturated carbocycles. The van der Waals surface area contributed by atoms with Crippen molar-refractivity contribution in [1.82, 2.24) is 0 Å². The van der Waals surface area contributed by atoms with E-state index in [0.29, 0.717) is 35.3 Å². The zero-order chi connectivity index (χ0) is 12.8. The van der Waals surface area contributed by atoms with Crippen molar-refractivity contribution in [1.29, 1.82) is 0 Å². The number of hydrogen-bond donors (Lipinski definition) is 1. The van der Waals surface area contributed by atoms with Crippen LogP contribution in [0.2, 0.25) is 5.02 Å². The van der Waals surface area contributed by atoms with Crippen LogP contribution in [0.15, 0.2) is 6.07 Å². The van der Waals surface area contributed by atoms with Crippen LogP contribution in [0.3, 0.4) is 0 Å². The Bertz CT molecular complexity index is 384. The fraction of sp³-hybridized carbons (Fsp3) is 0.455. The molecule has 0 fully saturated rings. The van der Waals surface area contributed by atoms with Gasteiger partial charge in [-0.25, -0.2) is 5.90 Å². The number of methoxy groups -OCH3 is 3. The summed E-state index contributed by atoms with van der Waals surface area (Å²) in [5.41, 5.74) is 0.768. The monoisotopic (exact) mass is 261 g/mol. The zero-order valence-corrected chi connectivity index (χ0v) is 10.8. The SMILES string of the molecule is COc1cc(Cl)c(OC)c(CCON)c1OC. The van der Waals surface area contributed by atoms with Crippen LogP contribution in [0, 0.1) is 0 Å². The van der Waals surface area contributed by atoms with E-state index in [-0.39, 0.29) is 0 Å². The predicted molar refractivity (Wildman–Crippen MR) is 65.0 cm³/mol. The molecule has 0 aliphatic heterocycles. The second-order valence-corrected chi connectivity index (χ2v) is 3.63. The Labute approximate surface area is 105 Å². The maximum Gasteiger partial charge on any atom is 0.167 e. The van der Waals surface area contributed by atoms with Gasteiger partial charge in [0, 0.05) is 18.1 Å². The normalized spacial score (nSPS) is 10.2. The van der Waals surface area contributed by atoms with Gasteiger partial charge in [0.1, 0.15) is 5.75 Å². The summed E-state index contributed by atoms with van der Waals surface area (Å²) in [6.45, 7) is 0.330. The fourth-order valence-electron chi connectivity index (χ4n) is 1.63. The van der Waals surface area contributed by atoms with Gasteiger partial charge >= 0.3 is 0 Å². The van der Waals surface area contributed by atoms with Crippen molar-refractivity contribution in [3.63, 3.8) is 0 Å². The van der Waals surface area contributed by atoms with Crippen molar-refractivity contribution >= 4 is 11.6 Å². The third-order valence-corrected chi connectivity index (χ3v) is 2.63. The molecule has 0 unspecified atom stereocenters. The van der Waals surface area contributed by atoms with E-state index in [1.807, 2.05) is 0 Å². The standard InChI is InChI=1S/C11H16ClNO4/c1-14-9-6-8(12)10(15-2)7(4-5-17-13)11(9)16-3/h6H,4-5,13H2,1-3H3. The highest BCUT2D eigenvalue weighted by Crippen LogP contribution is 2.42. The Kier molecular flexibility index (Phi) is 5.34. The molecule has 5 nitrogen and oxygen atoms in total. The molecule has 0 atom stereocenters. The molecule has 0 heterocycles. The summed E-state index contributed by atoms with van der Waals surface area (Å²) in [5, 5.41) is 0.456. The first-order valence-electron chi connectivity index (χ1n) is 4.98. The number of nitrogens with two attached hydrogens (primary N) is 1. The maximum atomic E-state index is 6.09. The quantitative estimate of drug-likeness (QED) is 0.791. The molecule has 2 N–H and O–H groups in total. The van der Waals surface area contributed by atoms with E-state index in [4.69, 9.17) is 31.7 Å². The van der Waals surface area contributed by atoms with Crippen LogP contribution >= 0.6 is 11.6 Å². The van der Waals surface area contributed by atoms with Gasteiger partial charge in [0.05, 0.1) is 33.0 Å². The Morgan fingerprint density at radius 3 is 2.24 bits per heavy atom. The molecular formula is C11H16ClNO4. The van der Waals surface area contributed by atoms with Gasteiger partial charge in [0.25, 0.3) is 0 Å². The topological polar surface area (TPSA) is 62.9 Å². The van der Waals surface area contributed by atoms with Crippen LogP contribution in [-0.2, 0) is 11.3 Å². The smallest absolute Gasteiger partial charge is 0.167 e. The third-order valence-electron chi connectivity index (χ3n) is 2.34. The fourth-order valence-corrected chi connectivity index (χ4v) is 1.92. The Hall–Kier alpha value is -1.17. The first kappa shape index (κ1) is 13.9. The van der Waals surface area contributed by atoms with Crippen LogP contribution in [0.1, 0.15) is 5.56 Å². The van der Waals surface area contributed by atoms with E-state index >= 15 is 0 Å². The predicted octanol–water partition coefficient (Wildman–Crippen LogP) is 1.80. The Morgan fingerprint density at radius 2 is 1.76 bits per heavy atom. The number of ether oxygens (including phenoxy) is 3. The summed E-state index contributed by atoms with van der Waals surface area (Å²) < 4.78 is 15.8. The van der Waals surface area contributed by atoms with Gasteiger partial charge in [0.15, 0.2) is 11.5 Å². The molecule has 0 bridgehead atoms. The van der Waals surface area contributed by atoms with Crippen molar-refractivity contribution in [2.24, 2.45) is 5.90 Å². The van der Waals surface area contributed by atoms with Gasteiger partial charge in [-0.2, -0.15) is 0 Å². The minimum atomic E-state index is 0.330. The van der Waals surface area contributed by atoms with Gasteiger partial charge in [-0.1, -0.05) is 11.6 Å². The summed E-state index contributed by atoms with van der Waals surface area (Å²) in [7, 11) is 4.64. The summed E-state index contributed by atoms with van der Waals surface area (Å²) >= 11 is 6.09. The van der Waals surface area contributed by atoms with Gasteiger partial charge in [-0.05, 0) is 0 Å². The minimum Gasteiger partial charge on any atom is -0.495 e. The highest BCUT2D eigenvalue weighted by atomic mass is 35.5. The molecular weight excluding hydrogens is 246 g/mol. The van der Waals surface area contributed by atoms with Crippen LogP contribution in [-0.4, -0.2) is 27.9 Å². The van der Waals surface area contributed by atoms with E-state index in [1.165, 1.54) is 0 Å². The second kappa shape index (κ2) is 6.54. The molecule has 17 heavy (non-hydrogen) atoms. The molecule has 1 aromatic rings. The lowest BCUT2D eigenvalue weighted by molar-refractivity contribution is 0.140. The molecule has 6 heteroatoms. The lowest BCUT2D eigenvalue weighted by Crippen LogP contribution is -2.07. The average molecular weight is 262 g/mol. The van der Waals surface area contributed by atoms with Crippen molar-refractivity contribution < 1.29 is 19.0 Å². The van der Waals surface area contributed by atoms with Crippen molar-refractivity contribution in [3.05, 3.63) is 16.7 Å². The van der Waals surface area contributed by atoms with Crippen LogP contribution < -0.4 is 20.1 Å². The summed E-state index contributed by atoms with van der Waals surface area (Å²) in [5.74, 6) is 6.69. The average Bonchev–Trinajstić information content (AvgIpc) is 2.35. The first-order valence-corrected chi connectivity index (χ1v) is 5.36. The molecule has 1 rings (SSSR count). The van der Waals surface area contributed by atoms with Crippen LogP contribution in [0.25, 0.3) is 0 Å². The molecule has 0 spiro atoms. The molecule has 1 aromatic carbocycles. The molecule has 0 amide bonds. The molecule has 0 aliphatic rings. The van der Waals surface area contributed by atoms with Crippen LogP contribution in [0.5, 0.6) is 17.2 Å². The summed E-state index contributed by atoms with van der Waals surface area (Å²) in [4.78, 5) is 4.56. The van der Waals surface area contributed by atoms with E-state index in [2.05, 4.69) is 4.84 Å². The number of halogens is 1. The molecule has 0 aliphatic carbocycles. The summed E-state index contributed by atoms with van der Waals surface area (Å²) in [6, 6.07) is 1.64. The first-order chi connectivity index (χ1) is 8.19. The Balaban J connectivity index is 3.30. The molecule has 96 valence electrons. The lowest BCUT2D eigenvalue weighted by Gasteiger charge is -2.17. The number of hydrogen-bond acceptors (Lipinski definition) is 5. The van der Waals surface area contributed by atoms with Crippen molar-refractivity contribution in [2.45, 2.75) is 6.42 Å². The Morgan fingerprint density at radius 1 is 1.12 bits per heavy atom. The largest absolute Gasteiger partial charge is 0.495 e. The molecule has 0 radical (unpaired) electrons. The van der Waals surface area contributed by atoms with Crippen molar-refractivity contribution in [3.8, 4) is 17.2 Å². The number of rotatable bonds is 6. The molecule has 0 aromatic heterocycles. The van der Waals surface area contributed by atoms with Gasteiger partial charge in [-0.3, -0.25) is 0 Å². The van der Waals surface area contributed by atoms with Gasteiger partial charge < -0.3 is 19.0 Å². The maximum absolute atomic E-state index is 6.09. The molecule has 0 saturated heterocycles. The number of benzene rings is 1. The van der Waals surface area contributed by atoms with Gasteiger partial charge in [0.2, 0.25) is 0 Å². The lowest BCUT2D eigenvalue weighted by atomic mass is 10.1. The highest BCUT2D eigenvalue weighted by Gasteiger charge is 2.19. The van der Waals surface area contributed by atoms with Crippen LogP contribution in [0.4, 0.5) is 0 Å². The van der Waals surface area contributed by atoms with E-state index in [1.54, 1.807) is 27.4 Å². The van der Waals surface area contributed by atoms with E-state index in [0.717, 1.165) is 5.56 Å². The third kappa shape index (κ3) is 2.94. The van der Waals surface area contributed by atoms with Crippen molar-refractivity contribution in [2.75, 3.05) is 27.9 Å². The van der Waals surface area contributed by atoms with E-state index < -0.39 is 0 Å². The second-order valence-electron chi connectivity index (χ2n) is 3.23. The highest BCUT2D eigenvalue weighted by molar-refractivity contribution is 6.32. The zero-order valence-electron chi connectivity index (χ0n) is 10.1. The van der Waals surface area contributed by atoms with E-state index in [9.17, 15) is 0 Å². The van der Waals surface area contributed by atoms with Gasteiger partial charge in [-0.15, -0.1) is 0 Å². The summed E-state index contributed by atoms with van der Waals surface area (Å²) in [6.07, 6.45) is 0.514.